The van der Waals surface area contributed by atoms with E-state index in [1.807, 2.05) is 42.5 Å². The second kappa shape index (κ2) is 18.8. The maximum Gasteiger partial charge on any atom is 4.00 e. The molecule has 0 fully saturated rings. The van der Waals surface area contributed by atoms with E-state index >= 15 is 0 Å². The molecular formula is C40H31AlCl2Zr+2. The van der Waals surface area contributed by atoms with E-state index in [2.05, 4.69) is 151 Å². The van der Waals surface area contributed by atoms with E-state index in [1.54, 1.807) is 0 Å². The minimum atomic E-state index is 0. The molecule has 0 atom stereocenters. The fourth-order valence-electron chi connectivity index (χ4n) is 4.91. The molecule has 4 aliphatic carbocycles. The van der Waals surface area contributed by atoms with Crippen molar-refractivity contribution in [1.82, 2.24) is 0 Å². The molecule has 0 aromatic heterocycles. The Morgan fingerprint density at radius 1 is 0.409 bits per heavy atom. The van der Waals surface area contributed by atoms with Crippen LogP contribution in [-0.2, 0) is 26.2 Å². The first-order valence-corrected chi connectivity index (χ1v) is 14.4. The van der Waals surface area contributed by atoms with Crippen LogP contribution in [0.5, 0.6) is 0 Å². The molecule has 44 heavy (non-hydrogen) atoms. The average Bonchev–Trinajstić information content (AvgIpc) is 3.41. The van der Waals surface area contributed by atoms with Gasteiger partial charge in [-0.2, -0.15) is 23.3 Å². The molecule has 0 amide bonds. The first kappa shape index (κ1) is 37.2. The van der Waals surface area contributed by atoms with Gasteiger partial charge in [-0.3, -0.25) is 0 Å². The van der Waals surface area contributed by atoms with Crippen molar-refractivity contribution >= 4 is 20.7 Å². The van der Waals surface area contributed by atoms with Crippen LogP contribution in [-0.4, -0.2) is 16.3 Å². The summed E-state index contributed by atoms with van der Waals surface area (Å²) in [7, 11) is 0. The Bertz CT molecular complexity index is 1640. The van der Waals surface area contributed by atoms with E-state index in [-0.39, 0.29) is 51.0 Å². The first-order valence-electron chi connectivity index (χ1n) is 13.8. The van der Waals surface area contributed by atoms with Crippen molar-refractivity contribution in [2.75, 3.05) is 0 Å². The van der Waals surface area contributed by atoms with Crippen LogP contribution in [0.2, 0.25) is 0 Å². The molecule has 4 heteroatoms. The normalized spacial score (nSPS) is 9.64. The van der Waals surface area contributed by atoms with Crippen LogP contribution in [0.15, 0.2) is 152 Å². The van der Waals surface area contributed by atoms with Crippen molar-refractivity contribution < 1.29 is 51.0 Å². The van der Waals surface area contributed by atoms with Gasteiger partial charge >= 0.3 is 77.3 Å². The van der Waals surface area contributed by atoms with Crippen molar-refractivity contribution in [2.45, 2.75) is 13.8 Å². The Morgan fingerprint density at radius 3 is 1.07 bits per heavy atom. The molecule has 0 radical (unpaired) electrons. The fourth-order valence-corrected chi connectivity index (χ4v) is 5.13. The molecule has 0 aliphatic heterocycles. The summed E-state index contributed by atoms with van der Waals surface area (Å²) >= 11 is 2.63. The van der Waals surface area contributed by atoms with E-state index in [0.717, 1.165) is 0 Å². The molecule has 0 unspecified atom stereocenters. The van der Waals surface area contributed by atoms with Gasteiger partial charge in [0.25, 0.3) is 0 Å². The van der Waals surface area contributed by atoms with Gasteiger partial charge in [0.2, 0.25) is 0 Å². The molecular weight excluding hydrogens is 670 g/mol. The SMILES string of the molecule is Cc1[c-]c2ccccc(-c3ccccc3)c-2c1.Cc1[c-]c2ccccc(-c3ccccc3)c-2c1.[Al+2][c]1ccccc1.[Cl-].[Cl-].[Zr+4]. The molecule has 7 rings (SSSR count). The topological polar surface area (TPSA) is 0 Å². The average molecular weight is 701 g/mol. The predicted octanol–water partition coefficient (Wildman–Crippen LogP) is 3.62. The zero-order valence-electron chi connectivity index (χ0n) is 24.8. The van der Waals surface area contributed by atoms with Gasteiger partial charge in [-0.15, -0.1) is 58.7 Å². The number of hydrogen-bond donors (Lipinski definition) is 0. The van der Waals surface area contributed by atoms with Gasteiger partial charge in [-0.05, 0) is 11.1 Å². The molecule has 0 spiro atoms. The summed E-state index contributed by atoms with van der Waals surface area (Å²) < 4.78 is 1.24. The van der Waals surface area contributed by atoms with E-state index in [4.69, 9.17) is 0 Å². The molecule has 4 aliphatic rings. The molecule has 0 nitrogen and oxygen atoms in total. The van der Waals surface area contributed by atoms with Crippen molar-refractivity contribution in [1.29, 1.82) is 0 Å². The van der Waals surface area contributed by atoms with Crippen molar-refractivity contribution in [3.05, 3.63) is 175 Å². The minimum Gasteiger partial charge on any atom is -1.00 e. The number of benzene rings is 3. The van der Waals surface area contributed by atoms with Crippen LogP contribution < -0.4 is 29.2 Å². The number of fused-ring (bicyclic) bond motifs is 2. The van der Waals surface area contributed by atoms with E-state index < -0.39 is 0 Å². The number of aryl methyl sites for hydroxylation is 2. The molecule has 3 aromatic carbocycles. The molecule has 0 bridgehead atoms. The second-order valence-corrected chi connectivity index (χ2v) is 10.6. The van der Waals surface area contributed by atoms with Gasteiger partial charge in [0, 0.05) is 0 Å². The summed E-state index contributed by atoms with van der Waals surface area (Å²) in [5.74, 6) is 0. The minimum absolute atomic E-state index is 0. The fraction of sp³-hybridized carbons (Fsp3) is 0.0500. The Hall–Kier alpha value is -2.94. The Morgan fingerprint density at radius 2 is 0.727 bits per heavy atom. The van der Waals surface area contributed by atoms with Gasteiger partial charge < -0.3 is 24.8 Å². The van der Waals surface area contributed by atoms with Gasteiger partial charge in [0.15, 0.2) is 0 Å². The zero-order chi connectivity index (χ0) is 28.4. The molecule has 0 saturated carbocycles. The van der Waals surface area contributed by atoms with Crippen molar-refractivity contribution in [3.63, 3.8) is 0 Å². The largest absolute Gasteiger partial charge is 4.00 e. The monoisotopic (exact) mass is 698 g/mol. The molecule has 0 saturated heterocycles. The molecule has 3 aromatic rings. The van der Waals surface area contributed by atoms with Crippen LogP contribution >= 0.6 is 0 Å². The molecule has 210 valence electrons. The second-order valence-electron chi connectivity index (χ2n) is 9.97. The quantitative estimate of drug-likeness (QED) is 0.191. The summed E-state index contributed by atoms with van der Waals surface area (Å²) in [6.07, 6.45) is 0. The maximum absolute atomic E-state index is 3.39. The maximum atomic E-state index is 3.39. The summed E-state index contributed by atoms with van der Waals surface area (Å²) in [5, 5.41) is 0. The van der Waals surface area contributed by atoms with Gasteiger partial charge in [0.1, 0.15) is 0 Å². The summed E-state index contributed by atoms with van der Waals surface area (Å²) in [6, 6.07) is 59.2. The molecule has 0 N–H and O–H groups in total. The van der Waals surface area contributed by atoms with Gasteiger partial charge in [0.05, 0.1) is 0 Å². The summed E-state index contributed by atoms with van der Waals surface area (Å²) in [5.41, 5.74) is 12.4. The summed E-state index contributed by atoms with van der Waals surface area (Å²) in [4.78, 5) is 0. The Balaban J connectivity index is 0.000000239. The Labute approximate surface area is 302 Å². The van der Waals surface area contributed by atoms with Crippen LogP contribution in [0, 0.1) is 26.0 Å². The molecule has 0 heterocycles. The van der Waals surface area contributed by atoms with Gasteiger partial charge in [-0.1, -0.05) is 110 Å². The third kappa shape index (κ3) is 10.0. The van der Waals surface area contributed by atoms with Crippen LogP contribution in [0.25, 0.3) is 44.5 Å². The number of halogens is 2. The number of hydrogen-bond acceptors (Lipinski definition) is 0. The predicted molar refractivity (Wildman–Crippen MR) is 176 cm³/mol. The Kier molecular flexibility index (Phi) is 15.9. The first-order chi connectivity index (χ1) is 20.1. The van der Waals surface area contributed by atoms with E-state index in [1.165, 1.54) is 60.1 Å². The van der Waals surface area contributed by atoms with E-state index in [9.17, 15) is 0 Å². The summed E-state index contributed by atoms with van der Waals surface area (Å²) in [6.45, 7) is 4.18. The third-order valence-electron chi connectivity index (χ3n) is 6.79. The van der Waals surface area contributed by atoms with Crippen LogP contribution in [0.4, 0.5) is 0 Å². The van der Waals surface area contributed by atoms with Crippen molar-refractivity contribution in [2.24, 2.45) is 0 Å². The zero-order valence-corrected chi connectivity index (χ0v) is 29.9. The smallest absolute Gasteiger partial charge is 1.00 e. The van der Waals surface area contributed by atoms with Crippen molar-refractivity contribution in [3.8, 4) is 44.5 Å². The van der Waals surface area contributed by atoms with Crippen LogP contribution in [0.1, 0.15) is 11.1 Å². The third-order valence-corrected chi connectivity index (χ3v) is 7.17. The standard InChI is InChI=1S/2C17H13.C6H5.Al.2ClH.Zr/c2*1-13-11-15-9-5-6-10-16(17(15)12-13)14-7-3-2-4-8-14;1-2-4-6-5-3-1;;;;/h2*2-10,12H,1H3;1-5H;;2*1H;/q2*-1;;+2;;;+4/p-2. The van der Waals surface area contributed by atoms with E-state index in [0.29, 0.717) is 0 Å². The van der Waals surface area contributed by atoms with Crippen LogP contribution in [0.3, 0.4) is 0 Å². The number of rotatable bonds is 2. The van der Waals surface area contributed by atoms with Gasteiger partial charge in [-0.25, -0.2) is 0 Å².